The lowest BCUT2D eigenvalue weighted by atomic mass is 9.89. The second-order valence-electron chi connectivity index (χ2n) is 4.75. The van der Waals surface area contributed by atoms with E-state index in [0.717, 1.165) is 25.9 Å². The molecule has 86 valence electrons. The highest BCUT2D eigenvalue weighted by Gasteiger charge is 2.51. The van der Waals surface area contributed by atoms with Crippen molar-refractivity contribution in [1.82, 2.24) is 4.90 Å². The molecule has 4 nitrogen and oxygen atoms in total. The van der Waals surface area contributed by atoms with Crippen molar-refractivity contribution >= 4 is 17.5 Å². The number of furan rings is 1. The first-order valence-corrected chi connectivity index (χ1v) is 5.79. The summed E-state index contributed by atoms with van der Waals surface area (Å²) in [5, 5.41) is 0.169. The van der Waals surface area contributed by atoms with Crippen LogP contribution in [0.2, 0.25) is 5.22 Å². The van der Waals surface area contributed by atoms with Crippen LogP contribution in [0.15, 0.2) is 16.7 Å². The maximum absolute atomic E-state index is 11.9. The monoisotopic (exact) mass is 240 g/mol. The van der Waals surface area contributed by atoms with Crippen molar-refractivity contribution in [2.45, 2.75) is 18.4 Å². The summed E-state index contributed by atoms with van der Waals surface area (Å²) in [4.78, 5) is 13.7. The van der Waals surface area contributed by atoms with Gasteiger partial charge in [-0.25, -0.2) is 0 Å². The van der Waals surface area contributed by atoms with Crippen LogP contribution in [0.25, 0.3) is 0 Å². The lowest BCUT2D eigenvalue weighted by Gasteiger charge is -2.42. The Labute approximate surface area is 98.3 Å². The van der Waals surface area contributed by atoms with Crippen molar-refractivity contribution in [2.75, 3.05) is 13.1 Å². The minimum absolute atomic E-state index is 0.0109. The Morgan fingerprint density at radius 3 is 2.75 bits per heavy atom. The molecule has 1 aliphatic heterocycles. The molecular formula is C11H13ClN2O2. The Balaban J connectivity index is 1.65. The lowest BCUT2D eigenvalue weighted by molar-refractivity contribution is 0.0429. The Morgan fingerprint density at radius 1 is 1.56 bits per heavy atom. The molecule has 0 aromatic carbocycles. The highest BCUT2D eigenvalue weighted by atomic mass is 35.5. The summed E-state index contributed by atoms with van der Waals surface area (Å²) in [6.45, 7) is 1.49. The number of likely N-dealkylation sites (tertiary alicyclic amines) is 1. The second kappa shape index (κ2) is 3.25. The van der Waals surface area contributed by atoms with Gasteiger partial charge in [0.05, 0.1) is 11.8 Å². The van der Waals surface area contributed by atoms with Gasteiger partial charge in [0, 0.05) is 24.5 Å². The Bertz CT molecular complexity index is 433. The zero-order valence-electron chi connectivity index (χ0n) is 8.78. The van der Waals surface area contributed by atoms with E-state index in [-0.39, 0.29) is 16.7 Å². The number of nitrogens with zero attached hydrogens (tertiary/aromatic N) is 1. The van der Waals surface area contributed by atoms with E-state index < -0.39 is 0 Å². The molecular weight excluding hydrogens is 228 g/mol. The highest BCUT2D eigenvalue weighted by molar-refractivity contribution is 6.32. The number of amides is 1. The van der Waals surface area contributed by atoms with Crippen LogP contribution in [0.4, 0.5) is 0 Å². The van der Waals surface area contributed by atoms with E-state index in [9.17, 15) is 4.79 Å². The number of carbonyl (C=O) groups excluding carboxylic acids is 1. The van der Waals surface area contributed by atoms with E-state index in [2.05, 4.69) is 0 Å². The largest absolute Gasteiger partial charge is 0.452 e. The predicted octanol–water partition coefficient (Wildman–Crippen LogP) is 1.50. The molecule has 1 aliphatic carbocycles. The third-order valence-electron chi connectivity index (χ3n) is 3.66. The van der Waals surface area contributed by atoms with Crippen LogP contribution in [-0.2, 0) is 0 Å². The molecule has 16 heavy (non-hydrogen) atoms. The normalized spacial score (nSPS) is 23.0. The van der Waals surface area contributed by atoms with Gasteiger partial charge in [0.25, 0.3) is 5.91 Å². The summed E-state index contributed by atoms with van der Waals surface area (Å²) in [6, 6.07) is 1.60. The van der Waals surface area contributed by atoms with E-state index in [0.29, 0.717) is 11.5 Å². The number of hydrogen-bond acceptors (Lipinski definition) is 3. The first kappa shape index (κ1) is 10.2. The molecule has 5 heteroatoms. The van der Waals surface area contributed by atoms with Crippen LogP contribution in [-0.4, -0.2) is 29.4 Å². The fourth-order valence-corrected chi connectivity index (χ4v) is 2.37. The van der Waals surface area contributed by atoms with Crippen molar-refractivity contribution in [2.24, 2.45) is 11.7 Å². The van der Waals surface area contributed by atoms with Gasteiger partial charge in [0.15, 0.2) is 0 Å². The van der Waals surface area contributed by atoms with Gasteiger partial charge in [-0.3, -0.25) is 4.79 Å². The Morgan fingerprint density at radius 2 is 2.25 bits per heavy atom. The van der Waals surface area contributed by atoms with Gasteiger partial charge in [-0.15, -0.1) is 0 Å². The van der Waals surface area contributed by atoms with Gasteiger partial charge in [-0.2, -0.15) is 0 Å². The van der Waals surface area contributed by atoms with Crippen LogP contribution >= 0.6 is 11.6 Å². The van der Waals surface area contributed by atoms with Crippen LogP contribution in [0.3, 0.4) is 0 Å². The number of rotatable bonds is 2. The molecule has 0 spiro atoms. The number of hydrogen-bond donors (Lipinski definition) is 1. The van der Waals surface area contributed by atoms with Gasteiger partial charge < -0.3 is 15.1 Å². The van der Waals surface area contributed by atoms with E-state index in [1.165, 1.54) is 6.26 Å². The zero-order chi connectivity index (χ0) is 11.3. The van der Waals surface area contributed by atoms with Crippen molar-refractivity contribution in [3.05, 3.63) is 23.1 Å². The van der Waals surface area contributed by atoms with Gasteiger partial charge >= 0.3 is 0 Å². The summed E-state index contributed by atoms with van der Waals surface area (Å²) in [5.41, 5.74) is 6.54. The van der Waals surface area contributed by atoms with Crippen molar-refractivity contribution in [3.63, 3.8) is 0 Å². The molecule has 1 amide bonds. The summed E-state index contributed by atoms with van der Waals surface area (Å²) in [7, 11) is 0. The number of nitrogens with two attached hydrogens (primary N) is 1. The SMILES string of the molecule is NC1(C2CN(C(=O)c3ccoc3Cl)C2)CC1. The number of carbonyl (C=O) groups is 1. The van der Waals surface area contributed by atoms with Crippen LogP contribution < -0.4 is 5.73 Å². The highest BCUT2D eigenvalue weighted by Crippen LogP contribution is 2.44. The third kappa shape index (κ3) is 1.44. The molecule has 1 aromatic heterocycles. The molecule has 2 heterocycles. The van der Waals surface area contributed by atoms with Gasteiger partial charge in [-0.05, 0) is 30.5 Å². The van der Waals surface area contributed by atoms with Crippen molar-refractivity contribution in [1.29, 1.82) is 0 Å². The van der Waals surface area contributed by atoms with Gasteiger partial charge in [-0.1, -0.05) is 0 Å². The third-order valence-corrected chi connectivity index (χ3v) is 3.95. The zero-order valence-corrected chi connectivity index (χ0v) is 9.54. The molecule has 2 N–H and O–H groups in total. The van der Waals surface area contributed by atoms with Crippen LogP contribution in [0, 0.1) is 5.92 Å². The Kier molecular flexibility index (Phi) is 2.06. The number of halogens is 1. The second-order valence-corrected chi connectivity index (χ2v) is 5.09. The average molecular weight is 241 g/mol. The molecule has 0 bridgehead atoms. The predicted molar refractivity (Wildman–Crippen MR) is 59.3 cm³/mol. The van der Waals surface area contributed by atoms with E-state index in [4.69, 9.17) is 21.8 Å². The van der Waals surface area contributed by atoms with Gasteiger partial charge in [0.1, 0.15) is 0 Å². The molecule has 3 rings (SSSR count). The minimum Gasteiger partial charge on any atom is -0.452 e. The summed E-state index contributed by atoms with van der Waals surface area (Å²) in [5.74, 6) is 0.404. The molecule has 1 saturated heterocycles. The van der Waals surface area contributed by atoms with Crippen LogP contribution in [0.5, 0.6) is 0 Å². The standard InChI is InChI=1S/C11H13ClN2O2/c12-9-8(1-4-16-9)10(15)14-5-7(6-14)11(13)2-3-11/h1,4,7H,2-3,5-6,13H2. The molecule has 0 unspecified atom stereocenters. The van der Waals surface area contributed by atoms with E-state index in [1.807, 2.05) is 0 Å². The Hall–Kier alpha value is -1.00. The molecule has 0 atom stereocenters. The fourth-order valence-electron chi connectivity index (χ4n) is 2.18. The molecule has 0 radical (unpaired) electrons. The minimum atomic E-state index is -0.0562. The summed E-state index contributed by atoms with van der Waals surface area (Å²) in [6.07, 6.45) is 3.61. The van der Waals surface area contributed by atoms with E-state index in [1.54, 1.807) is 11.0 Å². The molecule has 2 fully saturated rings. The van der Waals surface area contributed by atoms with Crippen molar-refractivity contribution in [3.8, 4) is 0 Å². The van der Waals surface area contributed by atoms with Crippen LogP contribution in [0.1, 0.15) is 23.2 Å². The topological polar surface area (TPSA) is 59.5 Å². The van der Waals surface area contributed by atoms with E-state index >= 15 is 0 Å². The molecule has 2 aliphatic rings. The quantitative estimate of drug-likeness (QED) is 0.852. The smallest absolute Gasteiger partial charge is 0.258 e. The summed E-state index contributed by atoms with van der Waals surface area (Å²) < 4.78 is 4.90. The lowest BCUT2D eigenvalue weighted by Crippen LogP contribution is -2.57. The maximum atomic E-state index is 11.9. The average Bonchev–Trinajstić information content (AvgIpc) is 2.75. The first-order chi connectivity index (χ1) is 7.60. The van der Waals surface area contributed by atoms with Gasteiger partial charge in [0.2, 0.25) is 5.22 Å². The summed E-state index contributed by atoms with van der Waals surface area (Å²) >= 11 is 5.76. The molecule has 1 saturated carbocycles. The molecule has 1 aromatic rings. The fraction of sp³-hybridized carbons (Fsp3) is 0.545. The first-order valence-electron chi connectivity index (χ1n) is 5.41. The van der Waals surface area contributed by atoms with Crippen molar-refractivity contribution < 1.29 is 9.21 Å². The maximum Gasteiger partial charge on any atom is 0.258 e.